The molecule has 0 amide bonds. The first-order valence-corrected chi connectivity index (χ1v) is 14.8. The summed E-state index contributed by atoms with van der Waals surface area (Å²) in [5.41, 5.74) is 5.08. The fraction of sp³-hybridized carbons (Fsp3) is 0.500. The monoisotopic (exact) mass is 551 g/mol. The van der Waals surface area contributed by atoms with Crippen LogP contribution in [-0.4, -0.2) is 52.6 Å². The van der Waals surface area contributed by atoms with E-state index in [0.29, 0.717) is 0 Å². The molecule has 2 aromatic rings. The molecule has 5 rings (SSSR count). The van der Waals surface area contributed by atoms with Gasteiger partial charge in [-0.15, -0.1) is 0 Å². The summed E-state index contributed by atoms with van der Waals surface area (Å²) in [6.45, 7) is 13.9. The number of anilines is 2. The van der Waals surface area contributed by atoms with Gasteiger partial charge in [-0.3, -0.25) is 0 Å². The summed E-state index contributed by atoms with van der Waals surface area (Å²) in [4.78, 5) is 11.5. The average molecular weight is 551 g/mol. The minimum atomic E-state index is -0.0542. The van der Waals surface area contributed by atoms with Crippen molar-refractivity contribution in [2.75, 3.05) is 62.4 Å². The fourth-order valence-corrected chi connectivity index (χ4v) is 7.79. The Morgan fingerprint density at radius 1 is 0.871 bits per heavy atom. The van der Waals surface area contributed by atoms with E-state index in [-0.39, 0.29) is 13.1 Å². The van der Waals surface area contributed by atoms with Gasteiger partial charge in [-0.1, -0.05) is 28.4 Å². The van der Waals surface area contributed by atoms with Crippen LogP contribution in [0.5, 0.6) is 0 Å². The number of fused-ring (bicyclic) bond motifs is 2. The molecule has 2 fully saturated rings. The number of nitrogens with zero attached hydrogens (tertiary/aromatic N) is 3. The van der Waals surface area contributed by atoms with Crippen LogP contribution in [0.25, 0.3) is 0 Å². The van der Waals surface area contributed by atoms with Gasteiger partial charge in [0.2, 0.25) is 0 Å². The van der Waals surface area contributed by atoms with Crippen molar-refractivity contribution in [3.8, 4) is 0 Å². The lowest BCUT2D eigenvalue weighted by atomic mass is 9.86. The van der Waals surface area contributed by atoms with E-state index in [4.69, 9.17) is 14.5 Å². The van der Waals surface area contributed by atoms with E-state index >= 15 is 0 Å². The van der Waals surface area contributed by atoms with Crippen molar-refractivity contribution in [3.05, 3.63) is 45.8 Å². The molecule has 1 atom stereocenters. The van der Waals surface area contributed by atoms with Gasteiger partial charge in [-0.2, -0.15) is 0 Å². The summed E-state index contributed by atoms with van der Waals surface area (Å²) in [6.07, 6.45) is 0. The van der Waals surface area contributed by atoms with Crippen LogP contribution < -0.4 is 15.2 Å². The Morgan fingerprint density at radius 3 is 2.10 bits per heavy atom. The first-order valence-electron chi connectivity index (χ1n) is 11.0. The number of benzene rings is 2. The lowest BCUT2D eigenvalue weighted by Crippen LogP contribution is -2.37. The van der Waals surface area contributed by atoms with Crippen LogP contribution in [0.3, 0.4) is 0 Å². The number of hydrogen-bond donors (Lipinski definition) is 0. The smallest absolute Gasteiger partial charge is 0.0815 e. The first-order chi connectivity index (χ1) is 14.9. The van der Waals surface area contributed by atoms with Gasteiger partial charge in [0.05, 0.1) is 37.5 Å². The fourth-order valence-electron chi connectivity index (χ4n) is 4.42. The Labute approximate surface area is 198 Å². The van der Waals surface area contributed by atoms with Crippen molar-refractivity contribution in [1.82, 2.24) is 0 Å². The standard InChI is InChI=1S/C24H30IN3O2S/c1-24(2,3)19-14-18(28-8-12-30-13-9-28)16-22-23(19)26-20-5-4-17(15-21(20)31(22)25)27-6-10-29-11-7-27/h4-5,14-16H,6-13H2,1-3H3. The van der Waals surface area contributed by atoms with Crippen LogP contribution in [0, 0.1) is 4.51 Å². The number of halogens is 1. The van der Waals surface area contributed by atoms with E-state index in [1.165, 1.54) is 31.7 Å². The quantitative estimate of drug-likeness (QED) is 0.395. The molecule has 0 spiro atoms. The highest BCUT2D eigenvalue weighted by atomic mass is 127. The van der Waals surface area contributed by atoms with E-state index in [9.17, 15) is 0 Å². The predicted octanol–water partition coefficient (Wildman–Crippen LogP) is 4.85. The molecule has 0 aromatic heterocycles. The molecule has 2 saturated heterocycles. The second-order valence-electron chi connectivity index (χ2n) is 9.31. The molecule has 31 heavy (non-hydrogen) atoms. The number of rotatable bonds is 2. The summed E-state index contributed by atoms with van der Waals surface area (Å²) >= 11 is 2.64. The Balaban J connectivity index is 1.67. The van der Waals surface area contributed by atoms with Crippen molar-refractivity contribution in [3.63, 3.8) is 0 Å². The van der Waals surface area contributed by atoms with Crippen molar-refractivity contribution >= 4 is 45.9 Å². The van der Waals surface area contributed by atoms with Crippen molar-refractivity contribution in [2.24, 2.45) is 4.99 Å². The number of hydrogen-bond acceptors (Lipinski definition) is 5. The Hall–Kier alpha value is -1.16. The summed E-state index contributed by atoms with van der Waals surface area (Å²) in [7, 11) is -0.0542. The highest BCUT2D eigenvalue weighted by molar-refractivity contribution is 14.2. The molecular formula is C24H30IN3O2S. The summed E-state index contributed by atoms with van der Waals surface area (Å²) < 4.78 is 12.5. The van der Waals surface area contributed by atoms with Crippen molar-refractivity contribution < 1.29 is 9.47 Å². The van der Waals surface area contributed by atoms with E-state index in [2.05, 4.69) is 82.1 Å². The molecule has 3 heterocycles. The molecular weight excluding hydrogens is 521 g/mol. The van der Waals surface area contributed by atoms with Gasteiger partial charge in [0.25, 0.3) is 0 Å². The van der Waals surface area contributed by atoms with Gasteiger partial charge in [0, 0.05) is 47.0 Å². The van der Waals surface area contributed by atoms with Crippen LogP contribution >= 0.6 is 28.9 Å². The second-order valence-corrected chi connectivity index (χ2v) is 13.3. The van der Waals surface area contributed by atoms with Crippen molar-refractivity contribution in [2.45, 2.75) is 31.1 Å². The van der Waals surface area contributed by atoms with Crippen LogP contribution in [0.2, 0.25) is 0 Å². The van der Waals surface area contributed by atoms with E-state index < -0.39 is 0 Å². The maximum atomic E-state index is 5.60. The largest absolute Gasteiger partial charge is 0.378 e. The molecule has 2 aromatic carbocycles. The average Bonchev–Trinajstić information content (AvgIpc) is 2.79. The second kappa shape index (κ2) is 8.65. The Kier molecular flexibility index (Phi) is 6.05. The SMILES string of the molecule is CC(C)(C)c1cc(N2CCOCC2)cc2c1=Nc1ccc(N3CCOCC3)cc1S=2I. The van der Waals surface area contributed by atoms with Crippen molar-refractivity contribution in [1.29, 1.82) is 0 Å². The zero-order valence-electron chi connectivity index (χ0n) is 18.5. The molecule has 0 saturated carbocycles. The molecule has 5 nitrogen and oxygen atoms in total. The van der Waals surface area contributed by atoms with Crippen LogP contribution in [0.15, 0.2) is 40.2 Å². The minimum Gasteiger partial charge on any atom is -0.378 e. The van der Waals surface area contributed by atoms with Gasteiger partial charge in [0.15, 0.2) is 0 Å². The van der Waals surface area contributed by atoms with Crippen LogP contribution in [0.1, 0.15) is 26.3 Å². The zero-order chi connectivity index (χ0) is 21.6. The molecule has 0 bridgehead atoms. The van der Waals surface area contributed by atoms with E-state index in [1.807, 2.05) is 0 Å². The van der Waals surface area contributed by atoms with Gasteiger partial charge >= 0.3 is 0 Å². The molecule has 1 unspecified atom stereocenters. The number of morpholine rings is 2. The molecule has 3 aliphatic heterocycles. The summed E-state index contributed by atoms with van der Waals surface area (Å²) in [5.74, 6) is 0. The van der Waals surface area contributed by atoms with Gasteiger partial charge < -0.3 is 19.3 Å². The van der Waals surface area contributed by atoms with Gasteiger partial charge in [-0.05, 0) is 62.5 Å². The zero-order valence-corrected chi connectivity index (χ0v) is 21.5. The predicted molar refractivity (Wildman–Crippen MR) is 137 cm³/mol. The topological polar surface area (TPSA) is 37.3 Å². The molecule has 7 heteroatoms. The lowest BCUT2D eigenvalue weighted by molar-refractivity contribution is 0.122. The third-order valence-electron chi connectivity index (χ3n) is 6.18. The van der Waals surface area contributed by atoms with Gasteiger partial charge in [-0.25, -0.2) is 4.99 Å². The highest BCUT2D eigenvalue weighted by Crippen LogP contribution is 2.47. The molecule has 0 aliphatic carbocycles. The van der Waals surface area contributed by atoms with Crippen LogP contribution in [0.4, 0.5) is 17.1 Å². The maximum Gasteiger partial charge on any atom is 0.0815 e. The Bertz CT molecular complexity index is 1120. The third kappa shape index (κ3) is 4.26. The van der Waals surface area contributed by atoms with E-state index in [0.717, 1.165) is 58.3 Å². The third-order valence-corrected chi connectivity index (χ3v) is 10.4. The normalized spacial score (nSPS) is 21.4. The molecule has 0 radical (unpaired) electrons. The van der Waals surface area contributed by atoms with Crippen LogP contribution in [-0.2, 0) is 14.9 Å². The van der Waals surface area contributed by atoms with Gasteiger partial charge in [0.1, 0.15) is 0 Å². The molecule has 0 N–H and O–H groups in total. The highest BCUT2D eigenvalue weighted by Gasteiger charge is 2.24. The Morgan fingerprint density at radius 2 is 1.48 bits per heavy atom. The molecule has 166 valence electrons. The number of ether oxygens (including phenoxy) is 2. The summed E-state index contributed by atoms with van der Waals surface area (Å²) in [5, 5.41) is 1.17. The summed E-state index contributed by atoms with van der Waals surface area (Å²) in [6, 6.07) is 11.6. The first kappa shape index (κ1) is 21.7. The maximum absolute atomic E-state index is 5.60. The molecule has 3 aliphatic rings. The lowest BCUT2D eigenvalue weighted by Gasteiger charge is -2.31. The van der Waals surface area contributed by atoms with E-state index in [1.54, 1.807) is 0 Å². The minimum absolute atomic E-state index is 0.0297.